The van der Waals surface area contributed by atoms with Crippen molar-refractivity contribution in [2.45, 2.75) is 50.2 Å². The maximum atomic E-state index is 12.1. The molecule has 3 rings (SSSR count). The standard InChI is InChI=1S/C17H23N5O2S/c1-12-19-20-17(22(12)13-7-4-3-5-8-13)25-11-15(23)18-16(24)14-9-6-10-21(14)2/h6,9-10,13H,3-5,7-8,11H2,1-2H3,(H,18,23,24). The highest BCUT2D eigenvalue weighted by Crippen LogP contribution is 2.32. The first-order valence-corrected chi connectivity index (χ1v) is 9.54. The first-order chi connectivity index (χ1) is 12.1. The first kappa shape index (κ1) is 17.7. The molecule has 134 valence electrons. The Morgan fingerprint density at radius 2 is 2.04 bits per heavy atom. The lowest BCUT2D eigenvalue weighted by atomic mass is 9.95. The van der Waals surface area contributed by atoms with Crippen LogP contribution in [0.5, 0.6) is 0 Å². The Kier molecular flexibility index (Phi) is 5.57. The molecule has 0 atom stereocenters. The van der Waals surface area contributed by atoms with E-state index in [9.17, 15) is 9.59 Å². The molecular formula is C17H23N5O2S. The average molecular weight is 361 g/mol. The maximum Gasteiger partial charge on any atom is 0.274 e. The van der Waals surface area contributed by atoms with Crippen LogP contribution in [0.4, 0.5) is 0 Å². The van der Waals surface area contributed by atoms with Crippen LogP contribution in [0.2, 0.25) is 0 Å². The minimum absolute atomic E-state index is 0.140. The molecule has 0 aliphatic heterocycles. The third-order valence-electron chi connectivity index (χ3n) is 4.54. The second kappa shape index (κ2) is 7.86. The Balaban J connectivity index is 1.59. The van der Waals surface area contributed by atoms with E-state index >= 15 is 0 Å². The van der Waals surface area contributed by atoms with E-state index in [0.29, 0.717) is 11.7 Å². The number of imide groups is 1. The molecule has 0 saturated heterocycles. The molecule has 2 heterocycles. The van der Waals surface area contributed by atoms with E-state index in [2.05, 4.69) is 20.1 Å². The summed E-state index contributed by atoms with van der Waals surface area (Å²) in [5, 5.41) is 11.6. The monoisotopic (exact) mass is 361 g/mol. The number of hydrogen-bond donors (Lipinski definition) is 1. The fourth-order valence-corrected chi connectivity index (χ4v) is 4.11. The topological polar surface area (TPSA) is 81.8 Å². The van der Waals surface area contributed by atoms with Crippen LogP contribution in [-0.4, -0.2) is 36.9 Å². The molecule has 0 spiro atoms. The van der Waals surface area contributed by atoms with E-state index < -0.39 is 0 Å². The molecular weight excluding hydrogens is 338 g/mol. The molecule has 0 radical (unpaired) electrons. The van der Waals surface area contributed by atoms with Crippen LogP contribution in [0, 0.1) is 6.92 Å². The van der Waals surface area contributed by atoms with Gasteiger partial charge in [0.1, 0.15) is 11.5 Å². The number of rotatable bonds is 5. The molecule has 2 aromatic rings. The summed E-state index contributed by atoms with van der Waals surface area (Å²) >= 11 is 1.33. The van der Waals surface area contributed by atoms with Crippen LogP contribution in [0.3, 0.4) is 0 Å². The molecule has 1 N–H and O–H groups in total. The van der Waals surface area contributed by atoms with Gasteiger partial charge in [0, 0.05) is 19.3 Å². The van der Waals surface area contributed by atoms with Gasteiger partial charge < -0.3 is 9.13 Å². The maximum absolute atomic E-state index is 12.1. The summed E-state index contributed by atoms with van der Waals surface area (Å²) in [6.45, 7) is 1.95. The molecule has 7 nitrogen and oxygen atoms in total. The van der Waals surface area contributed by atoms with Crippen molar-refractivity contribution in [3.8, 4) is 0 Å². The summed E-state index contributed by atoms with van der Waals surface area (Å²) in [5.41, 5.74) is 0.458. The Bertz CT molecular complexity index is 761. The summed E-state index contributed by atoms with van der Waals surface area (Å²) < 4.78 is 3.83. The van der Waals surface area contributed by atoms with Crippen LogP contribution in [0.15, 0.2) is 23.5 Å². The largest absolute Gasteiger partial charge is 0.347 e. The van der Waals surface area contributed by atoms with Crippen LogP contribution in [-0.2, 0) is 11.8 Å². The summed E-state index contributed by atoms with van der Waals surface area (Å²) in [7, 11) is 1.77. The zero-order valence-electron chi connectivity index (χ0n) is 14.6. The fourth-order valence-electron chi connectivity index (χ4n) is 3.26. The number of nitrogens with zero attached hydrogens (tertiary/aromatic N) is 4. The summed E-state index contributed by atoms with van der Waals surface area (Å²) in [6.07, 6.45) is 7.75. The molecule has 0 aromatic carbocycles. The number of amides is 2. The smallest absolute Gasteiger partial charge is 0.274 e. The van der Waals surface area contributed by atoms with Gasteiger partial charge in [-0.25, -0.2) is 0 Å². The van der Waals surface area contributed by atoms with E-state index in [4.69, 9.17) is 0 Å². The van der Waals surface area contributed by atoms with E-state index in [0.717, 1.165) is 23.8 Å². The Morgan fingerprint density at radius 1 is 1.28 bits per heavy atom. The Labute approximate surface area is 151 Å². The van der Waals surface area contributed by atoms with Gasteiger partial charge in [0.25, 0.3) is 5.91 Å². The van der Waals surface area contributed by atoms with Gasteiger partial charge in [-0.05, 0) is 31.9 Å². The number of hydrogen-bond acceptors (Lipinski definition) is 5. The third-order valence-corrected chi connectivity index (χ3v) is 5.48. The van der Waals surface area contributed by atoms with Crippen LogP contribution in [0.25, 0.3) is 0 Å². The number of aromatic nitrogens is 4. The Hall–Kier alpha value is -2.09. The molecule has 0 bridgehead atoms. The van der Waals surface area contributed by atoms with E-state index in [-0.39, 0.29) is 17.6 Å². The van der Waals surface area contributed by atoms with Crippen molar-refractivity contribution < 1.29 is 9.59 Å². The highest BCUT2D eigenvalue weighted by molar-refractivity contribution is 7.99. The van der Waals surface area contributed by atoms with Crippen molar-refractivity contribution in [3.63, 3.8) is 0 Å². The lowest BCUT2D eigenvalue weighted by Gasteiger charge is -2.24. The van der Waals surface area contributed by atoms with Crippen molar-refractivity contribution in [1.29, 1.82) is 0 Å². The molecule has 25 heavy (non-hydrogen) atoms. The van der Waals surface area contributed by atoms with Gasteiger partial charge in [-0.3, -0.25) is 14.9 Å². The van der Waals surface area contributed by atoms with Gasteiger partial charge in [0.15, 0.2) is 5.16 Å². The van der Waals surface area contributed by atoms with Crippen LogP contribution >= 0.6 is 11.8 Å². The minimum Gasteiger partial charge on any atom is -0.347 e. The third kappa shape index (κ3) is 4.12. The van der Waals surface area contributed by atoms with Crippen LogP contribution in [0.1, 0.15) is 54.5 Å². The highest BCUT2D eigenvalue weighted by atomic mass is 32.2. The zero-order valence-corrected chi connectivity index (χ0v) is 15.4. The number of nitrogens with one attached hydrogen (secondary N) is 1. The quantitative estimate of drug-likeness (QED) is 0.828. The second-order valence-corrected chi connectivity index (χ2v) is 7.30. The second-order valence-electron chi connectivity index (χ2n) is 6.36. The van der Waals surface area contributed by atoms with Gasteiger partial charge >= 0.3 is 0 Å². The Morgan fingerprint density at radius 3 is 2.72 bits per heavy atom. The highest BCUT2D eigenvalue weighted by Gasteiger charge is 2.22. The van der Waals surface area contributed by atoms with Gasteiger partial charge in [-0.1, -0.05) is 31.0 Å². The molecule has 1 saturated carbocycles. The zero-order chi connectivity index (χ0) is 17.8. The molecule has 1 aliphatic carbocycles. The normalized spacial score (nSPS) is 15.3. The van der Waals surface area contributed by atoms with Gasteiger partial charge in [0.2, 0.25) is 5.91 Å². The van der Waals surface area contributed by atoms with E-state index in [1.807, 2.05) is 6.92 Å². The van der Waals surface area contributed by atoms with Crippen molar-refractivity contribution >= 4 is 23.6 Å². The number of carbonyl (C=O) groups excluding carboxylic acids is 2. The first-order valence-electron chi connectivity index (χ1n) is 8.56. The SMILES string of the molecule is Cc1nnc(SCC(=O)NC(=O)c2cccn2C)n1C1CCCCC1. The molecule has 2 aromatic heterocycles. The molecule has 1 fully saturated rings. The summed E-state index contributed by atoms with van der Waals surface area (Å²) in [4.78, 5) is 24.2. The molecule has 8 heteroatoms. The molecule has 2 amide bonds. The fraction of sp³-hybridized carbons (Fsp3) is 0.529. The van der Waals surface area contributed by atoms with E-state index in [1.165, 1.54) is 31.0 Å². The average Bonchev–Trinajstić information content (AvgIpc) is 3.19. The number of carbonyl (C=O) groups is 2. The van der Waals surface area contributed by atoms with E-state index in [1.54, 1.807) is 29.9 Å². The van der Waals surface area contributed by atoms with Crippen molar-refractivity contribution in [3.05, 3.63) is 29.8 Å². The van der Waals surface area contributed by atoms with Crippen molar-refractivity contribution in [2.75, 3.05) is 5.75 Å². The number of aryl methyl sites for hydroxylation is 2. The van der Waals surface area contributed by atoms with Crippen molar-refractivity contribution in [2.24, 2.45) is 7.05 Å². The van der Waals surface area contributed by atoms with Gasteiger partial charge in [0.05, 0.1) is 5.75 Å². The van der Waals surface area contributed by atoms with Gasteiger partial charge in [-0.2, -0.15) is 0 Å². The van der Waals surface area contributed by atoms with Crippen molar-refractivity contribution in [1.82, 2.24) is 24.6 Å². The van der Waals surface area contributed by atoms with Gasteiger partial charge in [-0.15, -0.1) is 10.2 Å². The lowest BCUT2D eigenvalue weighted by Crippen LogP contribution is -2.33. The lowest BCUT2D eigenvalue weighted by molar-refractivity contribution is -0.117. The summed E-state index contributed by atoms with van der Waals surface area (Å²) in [6, 6.07) is 3.86. The van der Waals surface area contributed by atoms with Crippen LogP contribution < -0.4 is 5.32 Å². The predicted molar refractivity (Wildman–Crippen MR) is 95.5 cm³/mol. The molecule has 1 aliphatic rings. The summed E-state index contributed by atoms with van der Waals surface area (Å²) in [5.74, 6) is 0.311. The molecule has 0 unspecified atom stereocenters. The predicted octanol–water partition coefficient (Wildman–Crippen LogP) is 2.48. The number of thioether (sulfide) groups is 1. The minimum atomic E-state index is -0.386.